The van der Waals surface area contributed by atoms with Gasteiger partial charge in [-0.05, 0) is 36.9 Å². The van der Waals surface area contributed by atoms with E-state index in [1.807, 2.05) is 16.7 Å². The number of halogens is 9. The molecule has 0 aromatic heterocycles. The molecule has 15 heteroatoms. The fourth-order valence-electron chi connectivity index (χ4n) is 5.82. The van der Waals surface area contributed by atoms with Gasteiger partial charge in [-0.15, -0.1) is 0 Å². The third kappa shape index (κ3) is 6.72. The molecule has 0 atom stereocenters. The Morgan fingerprint density at radius 3 is 1.95 bits per heavy atom. The Morgan fingerprint density at radius 2 is 1.45 bits per heavy atom. The van der Waals surface area contributed by atoms with Crippen LogP contribution in [0.1, 0.15) is 30.9 Å². The Kier molecular flexibility index (Phi) is 8.48. The number of anilines is 1. The molecule has 0 saturated carbocycles. The number of hydrogen-bond acceptors (Lipinski definition) is 5. The molecular weight excluding hydrogens is 559 g/mol. The number of likely N-dealkylation sites (tertiary alicyclic amines) is 2. The van der Waals surface area contributed by atoms with E-state index in [0.29, 0.717) is 31.9 Å². The normalized spacial score (nSPS) is 21.2. The first-order chi connectivity index (χ1) is 18.5. The van der Waals surface area contributed by atoms with E-state index in [-0.39, 0.29) is 43.5 Å². The second-order valence-corrected chi connectivity index (χ2v) is 10.7. The van der Waals surface area contributed by atoms with E-state index in [0.717, 1.165) is 30.6 Å². The summed E-state index contributed by atoms with van der Waals surface area (Å²) in [7, 11) is 0. The highest BCUT2D eigenvalue weighted by molar-refractivity contribution is 5.68. The van der Waals surface area contributed by atoms with Crippen LogP contribution in [0.3, 0.4) is 0 Å². The Bertz CT molecular complexity index is 1020. The van der Waals surface area contributed by atoms with Crippen molar-refractivity contribution in [2.45, 2.75) is 50.9 Å². The Labute approximate surface area is 225 Å². The Morgan fingerprint density at radius 1 is 0.875 bits per heavy atom. The molecule has 3 aliphatic heterocycles. The van der Waals surface area contributed by atoms with Gasteiger partial charge in [0, 0.05) is 70.2 Å². The number of alkyl halides is 9. The zero-order valence-corrected chi connectivity index (χ0v) is 21.8. The molecule has 3 fully saturated rings. The van der Waals surface area contributed by atoms with Crippen molar-refractivity contribution >= 4 is 11.8 Å². The molecule has 3 aliphatic rings. The summed E-state index contributed by atoms with van der Waals surface area (Å²) in [5.41, 5.74) is -0.371. The number of piperazine rings is 1. The van der Waals surface area contributed by atoms with Gasteiger partial charge in [0.05, 0.1) is 5.56 Å². The van der Waals surface area contributed by atoms with Gasteiger partial charge in [0.25, 0.3) is 6.10 Å². The third-order valence-electron chi connectivity index (χ3n) is 8.01. The standard InChI is InChI=1S/C25H31F9N4O2/c1-2-35-10-12-37(13-11-35)19-5-3-4-18(23(26,27)28)17(19)14-36-15-22(16-36)6-8-38(9-7-22)21(39)40-20(24(29,30)31)25(32,33)34/h3-5,20H,2,6-16H2,1H3. The van der Waals surface area contributed by atoms with E-state index in [1.54, 1.807) is 6.07 Å². The molecule has 3 saturated heterocycles. The number of carbonyl (C=O) groups is 1. The average Bonchev–Trinajstić information content (AvgIpc) is 2.84. The van der Waals surface area contributed by atoms with Crippen molar-refractivity contribution in [3.63, 3.8) is 0 Å². The van der Waals surface area contributed by atoms with Crippen LogP contribution in [0, 0.1) is 5.41 Å². The lowest BCUT2D eigenvalue weighted by Gasteiger charge is -2.54. The molecule has 40 heavy (non-hydrogen) atoms. The van der Waals surface area contributed by atoms with E-state index in [2.05, 4.69) is 9.64 Å². The van der Waals surface area contributed by atoms with Gasteiger partial charge in [-0.25, -0.2) is 4.79 Å². The number of piperidine rings is 1. The number of hydrogen-bond donors (Lipinski definition) is 0. The first kappa shape index (κ1) is 30.5. The zero-order valence-electron chi connectivity index (χ0n) is 21.8. The van der Waals surface area contributed by atoms with Crippen LogP contribution in [0.25, 0.3) is 0 Å². The number of likely N-dealkylation sites (N-methyl/N-ethyl adjacent to an activating group) is 1. The molecule has 0 unspecified atom stereocenters. The second-order valence-electron chi connectivity index (χ2n) is 10.7. The van der Waals surface area contributed by atoms with E-state index in [4.69, 9.17) is 0 Å². The third-order valence-corrected chi connectivity index (χ3v) is 8.01. The monoisotopic (exact) mass is 590 g/mol. The topological polar surface area (TPSA) is 39.3 Å². The van der Waals surface area contributed by atoms with Crippen molar-refractivity contribution in [3.05, 3.63) is 29.3 Å². The molecule has 0 bridgehead atoms. The van der Waals surface area contributed by atoms with Gasteiger partial charge in [0.15, 0.2) is 0 Å². The van der Waals surface area contributed by atoms with Gasteiger partial charge in [0.2, 0.25) is 0 Å². The van der Waals surface area contributed by atoms with Crippen LogP contribution in [0.5, 0.6) is 0 Å². The van der Waals surface area contributed by atoms with Crippen molar-refractivity contribution < 1.29 is 49.0 Å². The van der Waals surface area contributed by atoms with Gasteiger partial charge in [0.1, 0.15) is 0 Å². The summed E-state index contributed by atoms with van der Waals surface area (Å²) in [5, 5.41) is 0. The van der Waals surface area contributed by atoms with E-state index < -0.39 is 36.3 Å². The van der Waals surface area contributed by atoms with Crippen LogP contribution in [0.2, 0.25) is 0 Å². The van der Waals surface area contributed by atoms with E-state index in [9.17, 15) is 44.3 Å². The quantitative estimate of drug-likeness (QED) is 0.431. The Hall–Kier alpha value is -2.42. The van der Waals surface area contributed by atoms with Gasteiger partial charge >= 0.3 is 24.6 Å². The predicted molar refractivity (Wildman–Crippen MR) is 127 cm³/mol. The lowest BCUT2D eigenvalue weighted by molar-refractivity contribution is -0.308. The molecule has 6 nitrogen and oxygen atoms in total. The van der Waals surface area contributed by atoms with Crippen molar-refractivity contribution in [2.24, 2.45) is 5.41 Å². The van der Waals surface area contributed by atoms with Crippen molar-refractivity contribution in [1.29, 1.82) is 0 Å². The number of benzene rings is 1. The fourth-order valence-corrected chi connectivity index (χ4v) is 5.82. The van der Waals surface area contributed by atoms with E-state index >= 15 is 0 Å². The summed E-state index contributed by atoms with van der Waals surface area (Å²) in [6, 6.07) is 4.17. The van der Waals surface area contributed by atoms with Crippen molar-refractivity contribution in [3.8, 4) is 0 Å². The molecule has 1 spiro atoms. The summed E-state index contributed by atoms with van der Waals surface area (Å²) in [5.74, 6) is 0. The minimum absolute atomic E-state index is 0.0470. The molecule has 0 N–H and O–H groups in total. The summed E-state index contributed by atoms with van der Waals surface area (Å²) in [4.78, 5) is 18.9. The minimum Gasteiger partial charge on any atom is -0.426 e. The molecule has 0 aliphatic carbocycles. The molecule has 226 valence electrons. The second kappa shape index (κ2) is 11.1. The highest BCUT2D eigenvalue weighted by Gasteiger charge is 2.60. The molecule has 1 aromatic carbocycles. The summed E-state index contributed by atoms with van der Waals surface area (Å²) < 4.78 is 122. The largest absolute Gasteiger partial charge is 0.434 e. The van der Waals surface area contributed by atoms with Crippen LogP contribution < -0.4 is 4.90 Å². The van der Waals surface area contributed by atoms with Gasteiger partial charge in [-0.1, -0.05) is 13.0 Å². The highest BCUT2D eigenvalue weighted by atomic mass is 19.4. The molecule has 1 amide bonds. The highest BCUT2D eigenvalue weighted by Crippen LogP contribution is 2.44. The maximum absolute atomic E-state index is 14.0. The maximum atomic E-state index is 14.0. The Balaban J connectivity index is 1.38. The van der Waals surface area contributed by atoms with Gasteiger partial charge < -0.3 is 19.4 Å². The van der Waals surface area contributed by atoms with Crippen molar-refractivity contribution in [1.82, 2.24) is 14.7 Å². The number of rotatable bonds is 5. The van der Waals surface area contributed by atoms with Crippen LogP contribution in [0.4, 0.5) is 50.0 Å². The number of amides is 1. The van der Waals surface area contributed by atoms with Crippen LogP contribution >= 0.6 is 0 Å². The lowest BCUT2D eigenvalue weighted by Crippen LogP contribution is -2.60. The SMILES string of the molecule is CCN1CCN(c2cccc(C(F)(F)F)c2CN2CC3(CCN(C(=O)OC(C(F)(F)F)C(F)(F)F)CC3)C2)CC1. The van der Waals surface area contributed by atoms with Crippen molar-refractivity contribution in [2.75, 3.05) is 63.8 Å². The van der Waals surface area contributed by atoms with Crippen LogP contribution in [0.15, 0.2) is 18.2 Å². The smallest absolute Gasteiger partial charge is 0.426 e. The average molecular weight is 591 g/mol. The van der Waals surface area contributed by atoms with Gasteiger partial charge in [-0.3, -0.25) is 4.90 Å². The van der Waals surface area contributed by atoms with Crippen LogP contribution in [-0.4, -0.2) is 98.2 Å². The number of ether oxygens (including phenoxy) is 1. The van der Waals surface area contributed by atoms with Gasteiger partial charge in [-0.2, -0.15) is 39.5 Å². The zero-order chi connectivity index (χ0) is 29.5. The van der Waals surface area contributed by atoms with Crippen LogP contribution in [-0.2, 0) is 17.5 Å². The van der Waals surface area contributed by atoms with E-state index in [1.165, 1.54) is 6.07 Å². The molecular formula is C25H31F9N4O2. The lowest BCUT2D eigenvalue weighted by atomic mass is 9.72. The summed E-state index contributed by atoms with van der Waals surface area (Å²) in [6.45, 7) is 6.20. The fraction of sp³-hybridized carbons (Fsp3) is 0.720. The first-order valence-corrected chi connectivity index (χ1v) is 13.0. The summed E-state index contributed by atoms with van der Waals surface area (Å²) >= 11 is 0. The minimum atomic E-state index is -5.80. The first-order valence-electron chi connectivity index (χ1n) is 13.0. The summed E-state index contributed by atoms with van der Waals surface area (Å²) in [6.07, 6.45) is -21.5. The number of carbonyl (C=O) groups excluding carboxylic acids is 1. The molecule has 0 radical (unpaired) electrons. The predicted octanol–water partition coefficient (Wildman–Crippen LogP) is 5.37. The number of nitrogens with zero attached hydrogens (tertiary/aromatic N) is 4. The molecule has 3 heterocycles. The molecule has 4 rings (SSSR count). The molecule has 1 aromatic rings. The maximum Gasteiger partial charge on any atom is 0.434 e.